The Balaban J connectivity index is 1.57. The summed E-state index contributed by atoms with van der Waals surface area (Å²) in [4.78, 5) is 16.1. The largest absolute Gasteiger partial charge is 0.573 e. The molecule has 4 aromatic rings. The second kappa shape index (κ2) is 12.3. The van der Waals surface area contributed by atoms with Crippen LogP contribution in [0.5, 0.6) is 5.75 Å². The molecule has 4 rings (SSSR count). The van der Waals surface area contributed by atoms with E-state index in [0.717, 1.165) is 18.2 Å². The number of pyridine rings is 1. The molecule has 0 saturated heterocycles. The van der Waals surface area contributed by atoms with Crippen molar-refractivity contribution in [2.45, 2.75) is 25.6 Å². The molecule has 0 aliphatic rings. The van der Waals surface area contributed by atoms with Crippen LogP contribution in [0, 0.1) is 5.82 Å². The van der Waals surface area contributed by atoms with E-state index < -0.39 is 29.7 Å². The summed E-state index contributed by atoms with van der Waals surface area (Å²) >= 11 is 5.78. The van der Waals surface area contributed by atoms with Gasteiger partial charge in [0.25, 0.3) is 5.95 Å². The molecule has 2 N–H and O–H groups in total. The van der Waals surface area contributed by atoms with E-state index in [-0.39, 0.29) is 41.8 Å². The zero-order valence-electron chi connectivity index (χ0n) is 20.3. The van der Waals surface area contributed by atoms with Crippen molar-refractivity contribution >= 4 is 35.1 Å². The third-order valence-corrected chi connectivity index (χ3v) is 5.16. The minimum absolute atomic E-state index is 0.0647. The number of hydrogen-bond donors (Lipinski definition) is 2. The second-order valence-corrected chi connectivity index (χ2v) is 8.42. The summed E-state index contributed by atoms with van der Waals surface area (Å²) in [7, 11) is 0. The van der Waals surface area contributed by atoms with E-state index in [1.54, 1.807) is 12.1 Å². The fourth-order valence-corrected chi connectivity index (χ4v) is 3.32. The number of anilines is 3. The van der Waals surface area contributed by atoms with Gasteiger partial charge in [-0.1, -0.05) is 29.8 Å². The summed E-state index contributed by atoms with van der Waals surface area (Å²) in [5, 5.41) is 13.4. The SMILES string of the molecule is Fc1ccc(Nc2nc(N=NCc3cccc(OC(F)(F)F)c3)nc(NCc3ccc(Cl)nc3)n2)cc1C(F)(F)F. The Hall–Kier alpha value is -4.60. The molecule has 2 aromatic carbocycles. The molecule has 41 heavy (non-hydrogen) atoms. The molecule has 17 heteroatoms. The quantitative estimate of drug-likeness (QED) is 0.116. The normalized spacial score (nSPS) is 12.0. The average molecular weight is 601 g/mol. The van der Waals surface area contributed by atoms with Gasteiger partial charge in [0, 0.05) is 18.4 Å². The van der Waals surface area contributed by atoms with E-state index in [4.69, 9.17) is 11.6 Å². The van der Waals surface area contributed by atoms with Crippen LogP contribution in [0.25, 0.3) is 0 Å². The molecular formula is C24H16ClF7N8O. The minimum atomic E-state index is -4.94. The number of benzene rings is 2. The third-order valence-electron chi connectivity index (χ3n) is 4.94. The predicted molar refractivity (Wildman–Crippen MR) is 132 cm³/mol. The van der Waals surface area contributed by atoms with Crippen molar-refractivity contribution in [3.05, 3.63) is 88.5 Å². The fraction of sp³-hybridized carbons (Fsp3) is 0.167. The summed E-state index contributed by atoms with van der Waals surface area (Å²) in [6, 6.07) is 10.5. The second-order valence-electron chi connectivity index (χ2n) is 8.04. The van der Waals surface area contributed by atoms with Crippen LogP contribution in [0.15, 0.2) is 71.0 Å². The topological polar surface area (TPSA) is 110 Å². The number of alkyl halides is 6. The zero-order chi connectivity index (χ0) is 29.6. The maximum atomic E-state index is 13.7. The van der Waals surface area contributed by atoms with Gasteiger partial charge in [-0.25, -0.2) is 9.37 Å². The molecule has 2 heterocycles. The summed E-state index contributed by atoms with van der Waals surface area (Å²) in [5.41, 5.74) is -0.673. The lowest BCUT2D eigenvalue weighted by Gasteiger charge is -2.12. The standard InChI is InChI=1S/C24H16ClF7N8O/c25-19-7-4-14(10-33-19)11-34-20-37-21(36-15-5-6-18(26)17(9-15)23(27,28)29)39-22(38-20)40-35-12-13-2-1-3-16(8-13)41-24(30,31)32/h1-10H,11-12H2,(H2,34,36,37,38,39). The van der Waals surface area contributed by atoms with Gasteiger partial charge in [-0.2, -0.15) is 33.2 Å². The van der Waals surface area contributed by atoms with Gasteiger partial charge in [0.15, 0.2) is 0 Å². The van der Waals surface area contributed by atoms with Crippen LogP contribution < -0.4 is 15.4 Å². The monoisotopic (exact) mass is 600 g/mol. The summed E-state index contributed by atoms with van der Waals surface area (Å²) in [6.45, 7) is -0.0272. The van der Waals surface area contributed by atoms with Gasteiger partial charge in [-0.3, -0.25) is 0 Å². The van der Waals surface area contributed by atoms with Gasteiger partial charge >= 0.3 is 12.5 Å². The summed E-state index contributed by atoms with van der Waals surface area (Å²) < 4.78 is 94.5. The number of azo groups is 1. The van der Waals surface area contributed by atoms with Crippen molar-refractivity contribution in [1.29, 1.82) is 0 Å². The van der Waals surface area contributed by atoms with Crippen molar-refractivity contribution in [3.8, 4) is 5.75 Å². The average Bonchev–Trinajstić information content (AvgIpc) is 2.88. The fourth-order valence-electron chi connectivity index (χ4n) is 3.21. The van der Waals surface area contributed by atoms with E-state index in [2.05, 4.69) is 45.5 Å². The molecule has 0 fully saturated rings. The van der Waals surface area contributed by atoms with Crippen LogP contribution in [0.2, 0.25) is 5.15 Å². The van der Waals surface area contributed by atoms with Gasteiger partial charge in [0.2, 0.25) is 11.9 Å². The minimum Gasteiger partial charge on any atom is -0.406 e. The molecule has 0 aliphatic heterocycles. The Morgan fingerprint density at radius 3 is 2.37 bits per heavy atom. The van der Waals surface area contributed by atoms with Crippen LogP contribution in [0.3, 0.4) is 0 Å². The first-order valence-corrected chi connectivity index (χ1v) is 11.7. The molecule has 214 valence electrons. The summed E-state index contributed by atoms with van der Waals surface area (Å²) in [5.74, 6) is -2.52. The lowest BCUT2D eigenvalue weighted by atomic mass is 10.2. The molecule has 0 amide bonds. The van der Waals surface area contributed by atoms with Gasteiger partial charge in [0.1, 0.15) is 16.7 Å². The van der Waals surface area contributed by atoms with Gasteiger partial charge in [-0.15, -0.1) is 18.3 Å². The first kappa shape index (κ1) is 29.4. The number of nitrogens with zero attached hydrogens (tertiary/aromatic N) is 6. The molecule has 0 aliphatic carbocycles. The molecule has 0 spiro atoms. The third kappa shape index (κ3) is 8.96. The predicted octanol–water partition coefficient (Wildman–Crippen LogP) is 7.62. The van der Waals surface area contributed by atoms with E-state index in [1.807, 2.05) is 0 Å². The van der Waals surface area contributed by atoms with Crippen molar-refractivity contribution in [2.24, 2.45) is 10.2 Å². The van der Waals surface area contributed by atoms with E-state index >= 15 is 0 Å². The van der Waals surface area contributed by atoms with Gasteiger partial charge in [0.05, 0.1) is 12.1 Å². The van der Waals surface area contributed by atoms with Crippen LogP contribution in [0.1, 0.15) is 16.7 Å². The highest BCUT2D eigenvalue weighted by Gasteiger charge is 2.34. The molecule has 0 bridgehead atoms. The number of halogens is 8. The van der Waals surface area contributed by atoms with Crippen LogP contribution in [-0.4, -0.2) is 26.3 Å². The van der Waals surface area contributed by atoms with E-state index in [1.165, 1.54) is 18.3 Å². The van der Waals surface area contributed by atoms with Crippen molar-refractivity contribution in [1.82, 2.24) is 19.9 Å². The number of aromatic nitrogens is 4. The molecule has 2 aromatic heterocycles. The Kier molecular flexibility index (Phi) is 8.80. The number of nitrogens with one attached hydrogen (secondary N) is 2. The lowest BCUT2D eigenvalue weighted by molar-refractivity contribution is -0.274. The number of ether oxygens (including phenoxy) is 1. The highest BCUT2D eigenvalue weighted by atomic mass is 35.5. The first-order chi connectivity index (χ1) is 19.3. The smallest absolute Gasteiger partial charge is 0.406 e. The molecule has 9 nitrogen and oxygen atoms in total. The van der Waals surface area contributed by atoms with Gasteiger partial charge in [-0.05, 0) is 47.5 Å². The van der Waals surface area contributed by atoms with Crippen LogP contribution in [-0.2, 0) is 19.3 Å². The van der Waals surface area contributed by atoms with Crippen LogP contribution >= 0.6 is 11.6 Å². The Morgan fingerprint density at radius 1 is 0.878 bits per heavy atom. The Bertz CT molecular complexity index is 1530. The maximum absolute atomic E-state index is 13.7. The van der Waals surface area contributed by atoms with Crippen molar-refractivity contribution in [2.75, 3.05) is 10.6 Å². The molecule has 0 atom stereocenters. The summed E-state index contributed by atoms with van der Waals surface area (Å²) in [6.07, 6.45) is -8.32. The number of hydrogen-bond acceptors (Lipinski definition) is 9. The first-order valence-electron chi connectivity index (χ1n) is 11.3. The molecule has 0 radical (unpaired) electrons. The van der Waals surface area contributed by atoms with E-state index in [9.17, 15) is 30.7 Å². The van der Waals surface area contributed by atoms with E-state index in [0.29, 0.717) is 23.3 Å². The maximum Gasteiger partial charge on any atom is 0.573 e. The van der Waals surface area contributed by atoms with Crippen LogP contribution in [0.4, 0.5) is 54.3 Å². The van der Waals surface area contributed by atoms with Crippen molar-refractivity contribution in [3.63, 3.8) is 0 Å². The zero-order valence-corrected chi connectivity index (χ0v) is 21.1. The Labute approximate surface area is 231 Å². The number of rotatable bonds is 9. The van der Waals surface area contributed by atoms with Crippen molar-refractivity contribution < 1.29 is 35.5 Å². The van der Waals surface area contributed by atoms with Gasteiger partial charge < -0.3 is 15.4 Å². The molecule has 0 unspecified atom stereocenters. The molecular weight excluding hydrogens is 585 g/mol. The highest BCUT2D eigenvalue weighted by Crippen LogP contribution is 2.33. The molecule has 0 saturated carbocycles. The highest BCUT2D eigenvalue weighted by molar-refractivity contribution is 6.29. The Morgan fingerprint density at radius 2 is 1.66 bits per heavy atom. The lowest BCUT2D eigenvalue weighted by Crippen LogP contribution is -2.17.